The number of nitrogens with zero attached hydrogens (tertiary/aromatic N) is 1. The Morgan fingerprint density at radius 1 is 0.465 bits per heavy atom. The molecule has 0 aliphatic carbocycles. The summed E-state index contributed by atoms with van der Waals surface area (Å²) in [5, 5.41) is 9.37. The molecule has 0 amide bonds. The summed E-state index contributed by atoms with van der Waals surface area (Å²) >= 11 is 0. The van der Waals surface area contributed by atoms with E-state index in [1.54, 1.807) is 0 Å². The minimum atomic E-state index is 0.311. The number of hydrogen-bond acceptors (Lipinski definition) is 2. The van der Waals surface area contributed by atoms with E-state index in [4.69, 9.17) is 0 Å². The maximum atomic E-state index is 9.37. The van der Waals surface area contributed by atoms with Gasteiger partial charge >= 0.3 is 0 Å². The normalized spacial score (nSPS) is 15.6. The van der Waals surface area contributed by atoms with Crippen LogP contribution in [0.25, 0.3) is 0 Å². The first-order valence-corrected chi connectivity index (χ1v) is 19.2. The van der Waals surface area contributed by atoms with Crippen molar-refractivity contribution in [3.63, 3.8) is 0 Å². The number of allylic oxidation sites excluding steroid dienone is 8. The third kappa shape index (κ3) is 24.8. The third-order valence-corrected chi connectivity index (χ3v) is 9.35. The molecule has 1 fully saturated rings. The second-order valence-corrected chi connectivity index (χ2v) is 13.6. The molecule has 0 aromatic carbocycles. The lowest BCUT2D eigenvalue weighted by Crippen LogP contribution is -2.56. The summed E-state index contributed by atoms with van der Waals surface area (Å²) in [5.74, 6) is 0. The number of aliphatic hydroxyl groups excluding tert-OH is 1. The van der Waals surface area contributed by atoms with E-state index in [2.05, 4.69) is 67.4 Å². The van der Waals surface area contributed by atoms with Crippen molar-refractivity contribution in [2.24, 2.45) is 5.41 Å². The Hall–Kier alpha value is -1.12. The summed E-state index contributed by atoms with van der Waals surface area (Å²) in [6, 6.07) is 0. The second kappa shape index (κ2) is 30.9. The molecular formula is C41H75NO. The fourth-order valence-corrected chi connectivity index (χ4v) is 6.62. The molecule has 2 heteroatoms. The lowest BCUT2D eigenvalue weighted by Gasteiger charge is -2.51. The molecule has 1 rings (SSSR count). The molecule has 1 aliphatic rings. The Bertz CT molecular complexity index is 634. The molecule has 1 saturated heterocycles. The summed E-state index contributed by atoms with van der Waals surface area (Å²) < 4.78 is 0. The Balaban J connectivity index is 2.02. The summed E-state index contributed by atoms with van der Waals surface area (Å²) in [5.41, 5.74) is 0.555. The largest absolute Gasteiger partial charge is 0.395 e. The molecule has 43 heavy (non-hydrogen) atoms. The summed E-state index contributed by atoms with van der Waals surface area (Å²) in [6.45, 7) is 8.18. The highest BCUT2D eigenvalue weighted by molar-refractivity contribution is 4.95. The third-order valence-electron chi connectivity index (χ3n) is 9.35. The Kier molecular flexibility index (Phi) is 28.7. The molecule has 1 heterocycles. The van der Waals surface area contributed by atoms with Gasteiger partial charge in [0.05, 0.1) is 6.61 Å². The van der Waals surface area contributed by atoms with Gasteiger partial charge in [0.1, 0.15) is 0 Å². The first-order valence-electron chi connectivity index (χ1n) is 19.2. The first kappa shape index (κ1) is 39.9. The molecule has 0 atom stereocenters. The standard InChI is InChI=1S/C41H75NO/c1-3-5-7-9-11-13-15-17-19-21-23-25-27-29-31-33-35-41(39-42(40-41)37-38-43)36-34-32-30-28-26-24-22-20-18-16-14-12-10-8-6-4-2/h11-14,17-20,43H,3-10,15-16,21-40H2,1-2H3/b13-11-,14-12-,19-17-,20-18-. The van der Waals surface area contributed by atoms with Crippen molar-refractivity contribution >= 4 is 0 Å². The predicted octanol–water partition coefficient (Wildman–Crippen LogP) is 12.7. The molecule has 250 valence electrons. The molecule has 0 spiro atoms. The molecule has 0 aromatic heterocycles. The van der Waals surface area contributed by atoms with E-state index in [0.717, 1.165) is 19.4 Å². The van der Waals surface area contributed by atoms with E-state index in [-0.39, 0.29) is 0 Å². The van der Waals surface area contributed by atoms with E-state index in [9.17, 15) is 5.11 Å². The predicted molar refractivity (Wildman–Crippen MR) is 194 cm³/mol. The van der Waals surface area contributed by atoms with Gasteiger partial charge in [-0.15, -0.1) is 0 Å². The van der Waals surface area contributed by atoms with Crippen LogP contribution < -0.4 is 0 Å². The zero-order valence-corrected chi connectivity index (χ0v) is 29.2. The van der Waals surface area contributed by atoms with E-state index in [1.807, 2.05) is 0 Å². The van der Waals surface area contributed by atoms with Gasteiger partial charge in [-0.05, 0) is 82.5 Å². The van der Waals surface area contributed by atoms with Gasteiger partial charge in [-0.25, -0.2) is 0 Å². The smallest absolute Gasteiger partial charge is 0.0558 e. The van der Waals surface area contributed by atoms with Crippen molar-refractivity contribution in [2.75, 3.05) is 26.2 Å². The van der Waals surface area contributed by atoms with Crippen LogP contribution in [-0.4, -0.2) is 36.2 Å². The number of aliphatic hydroxyl groups is 1. The SMILES string of the molecule is CCCCC/C=C\C/C=C\CCCCCCCCC1(CCCCCCCC/C=C\C/C=C\CCCCC)CN(CCO)C1. The van der Waals surface area contributed by atoms with Crippen LogP contribution in [0, 0.1) is 5.41 Å². The van der Waals surface area contributed by atoms with Crippen LogP contribution in [0.4, 0.5) is 0 Å². The van der Waals surface area contributed by atoms with Crippen LogP contribution in [-0.2, 0) is 0 Å². The van der Waals surface area contributed by atoms with Crippen molar-refractivity contribution < 1.29 is 5.11 Å². The topological polar surface area (TPSA) is 23.5 Å². The molecule has 0 radical (unpaired) electrons. The van der Waals surface area contributed by atoms with Gasteiger partial charge in [0.25, 0.3) is 0 Å². The van der Waals surface area contributed by atoms with Gasteiger partial charge < -0.3 is 5.11 Å². The zero-order chi connectivity index (χ0) is 30.9. The van der Waals surface area contributed by atoms with E-state index >= 15 is 0 Å². The van der Waals surface area contributed by atoms with Crippen LogP contribution in [0.5, 0.6) is 0 Å². The van der Waals surface area contributed by atoms with Gasteiger partial charge in [0.2, 0.25) is 0 Å². The average Bonchev–Trinajstić information content (AvgIpc) is 2.99. The molecule has 2 nitrogen and oxygen atoms in total. The minimum absolute atomic E-state index is 0.311. The Labute approximate surface area is 270 Å². The molecule has 1 aliphatic heterocycles. The van der Waals surface area contributed by atoms with Crippen LogP contribution >= 0.6 is 0 Å². The number of unbranched alkanes of at least 4 members (excludes halogenated alkanes) is 18. The van der Waals surface area contributed by atoms with Gasteiger partial charge in [-0.3, -0.25) is 4.90 Å². The molecule has 0 aromatic rings. The van der Waals surface area contributed by atoms with Crippen LogP contribution in [0.15, 0.2) is 48.6 Å². The summed E-state index contributed by atoms with van der Waals surface area (Å²) in [7, 11) is 0. The molecular weight excluding hydrogens is 522 g/mol. The lowest BCUT2D eigenvalue weighted by molar-refractivity contribution is -0.0250. The van der Waals surface area contributed by atoms with Gasteiger partial charge in [0, 0.05) is 19.6 Å². The quantitative estimate of drug-likeness (QED) is 0.0616. The first-order chi connectivity index (χ1) is 21.3. The maximum absolute atomic E-state index is 9.37. The number of likely N-dealkylation sites (tertiary alicyclic amines) is 1. The monoisotopic (exact) mass is 598 g/mol. The van der Waals surface area contributed by atoms with Gasteiger partial charge in [0.15, 0.2) is 0 Å². The minimum Gasteiger partial charge on any atom is -0.395 e. The highest BCUT2D eigenvalue weighted by Crippen LogP contribution is 2.40. The molecule has 1 N–H and O–H groups in total. The number of rotatable bonds is 32. The Morgan fingerprint density at radius 2 is 0.814 bits per heavy atom. The van der Waals surface area contributed by atoms with Gasteiger partial charge in [-0.1, -0.05) is 152 Å². The molecule has 0 saturated carbocycles. The van der Waals surface area contributed by atoms with Gasteiger partial charge in [-0.2, -0.15) is 0 Å². The fourth-order valence-electron chi connectivity index (χ4n) is 6.62. The van der Waals surface area contributed by atoms with Crippen molar-refractivity contribution in [3.8, 4) is 0 Å². The van der Waals surface area contributed by atoms with E-state index < -0.39 is 0 Å². The second-order valence-electron chi connectivity index (χ2n) is 13.6. The van der Waals surface area contributed by atoms with Crippen molar-refractivity contribution in [2.45, 2.75) is 181 Å². The zero-order valence-electron chi connectivity index (χ0n) is 29.2. The summed E-state index contributed by atoms with van der Waals surface area (Å²) in [6.07, 6.45) is 53.7. The lowest BCUT2D eigenvalue weighted by atomic mass is 9.71. The average molecular weight is 598 g/mol. The van der Waals surface area contributed by atoms with E-state index in [0.29, 0.717) is 12.0 Å². The van der Waals surface area contributed by atoms with Crippen LogP contribution in [0.3, 0.4) is 0 Å². The molecule has 0 unspecified atom stereocenters. The number of hydrogen-bond donors (Lipinski definition) is 1. The fraction of sp³-hybridized carbons (Fsp3) is 0.805. The maximum Gasteiger partial charge on any atom is 0.0558 e. The number of β-amino-alcohol motifs (C(OH)–C–C–N with tert-alkyl or cyclic N) is 1. The van der Waals surface area contributed by atoms with Crippen molar-refractivity contribution in [1.29, 1.82) is 0 Å². The highest BCUT2D eigenvalue weighted by Gasteiger charge is 2.40. The highest BCUT2D eigenvalue weighted by atomic mass is 16.3. The van der Waals surface area contributed by atoms with Crippen molar-refractivity contribution in [3.05, 3.63) is 48.6 Å². The van der Waals surface area contributed by atoms with E-state index in [1.165, 1.54) is 167 Å². The molecule has 0 bridgehead atoms. The Morgan fingerprint density at radius 3 is 1.19 bits per heavy atom. The van der Waals surface area contributed by atoms with Crippen LogP contribution in [0.1, 0.15) is 181 Å². The van der Waals surface area contributed by atoms with Crippen LogP contribution in [0.2, 0.25) is 0 Å². The summed E-state index contributed by atoms with van der Waals surface area (Å²) in [4.78, 5) is 2.48. The van der Waals surface area contributed by atoms with Crippen molar-refractivity contribution in [1.82, 2.24) is 4.90 Å².